The van der Waals surface area contributed by atoms with E-state index in [4.69, 9.17) is 9.47 Å². The lowest BCUT2D eigenvalue weighted by Crippen LogP contribution is -2.46. The Balaban J connectivity index is 1.58. The van der Waals surface area contributed by atoms with Crippen molar-refractivity contribution in [1.29, 1.82) is 0 Å². The van der Waals surface area contributed by atoms with E-state index in [0.717, 1.165) is 55.8 Å². The number of piperidine rings is 1. The van der Waals surface area contributed by atoms with Crippen LogP contribution in [-0.4, -0.2) is 49.2 Å². The van der Waals surface area contributed by atoms with Crippen molar-refractivity contribution in [2.75, 3.05) is 33.4 Å². The molecule has 0 bridgehead atoms. The average Bonchev–Trinajstić information content (AvgIpc) is 3.20. The van der Waals surface area contributed by atoms with Crippen molar-refractivity contribution in [3.05, 3.63) is 30.0 Å². The van der Waals surface area contributed by atoms with Crippen molar-refractivity contribution in [2.45, 2.75) is 19.3 Å². The molecule has 2 aliphatic heterocycles. The Morgan fingerprint density at radius 3 is 3.04 bits per heavy atom. The second-order valence-electron chi connectivity index (χ2n) is 6.77. The van der Waals surface area contributed by atoms with Gasteiger partial charge in [0.1, 0.15) is 11.4 Å². The largest absolute Gasteiger partial charge is 0.497 e. The molecule has 5 nitrogen and oxygen atoms in total. The lowest BCUT2D eigenvalue weighted by atomic mass is 9.79. The molecule has 0 unspecified atom stereocenters. The number of nitrogens with zero attached hydrogens (tertiary/aromatic N) is 1. The lowest BCUT2D eigenvalue weighted by molar-refractivity contribution is 0.0458. The number of likely N-dealkylation sites (tertiary alicyclic amines) is 1. The van der Waals surface area contributed by atoms with Crippen LogP contribution in [0.5, 0.6) is 5.75 Å². The quantitative estimate of drug-likeness (QED) is 0.927. The number of rotatable bonds is 2. The molecule has 0 radical (unpaired) electrons. The van der Waals surface area contributed by atoms with Crippen LogP contribution in [0, 0.1) is 5.41 Å². The fourth-order valence-corrected chi connectivity index (χ4v) is 3.88. The summed E-state index contributed by atoms with van der Waals surface area (Å²) in [4.78, 5) is 18.1. The summed E-state index contributed by atoms with van der Waals surface area (Å²) in [5.41, 5.74) is 1.80. The molecule has 1 atom stereocenters. The summed E-state index contributed by atoms with van der Waals surface area (Å²) in [7, 11) is 1.65. The third-order valence-corrected chi connectivity index (χ3v) is 5.19. The summed E-state index contributed by atoms with van der Waals surface area (Å²) >= 11 is 0. The van der Waals surface area contributed by atoms with Crippen LogP contribution < -0.4 is 4.74 Å². The van der Waals surface area contributed by atoms with Crippen LogP contribution in [0.4, 0.5) is 0 Å². The second kappa shape index (κ2) is 5.57. The van der Waals surface area contributed by atoms with E-state index >= 15 is 0 Å². The molecule has 1 amide bonds. The van der Waals surface area contributed by atoms with Gasteiger partial charge in [-0.25, -0.2) is 0 Å². The number of benzene rings is 1. The first kappa shape index (κ1) is 14.6. The van der Waals surface area contributed by atoms with Crippen LogP contribution >= 0.6 is 0 Å². The van der Waals surface area contributed by atoms with Gasteiger partial charge < -0.3 is 19.4 Å². The van der Waals surface area contributed by atoms with Crippen molar-refractivity contribution < 1.29 is 14.3 Å². The van der Waals surface area contributed by atoms with E-state index in [1.54, 1.807) is 7.11 Å². The predicted octanol–water partition coefficient (Wildman–Crippen LogP) is 2.82. The number of hydrogen-bond donors (Lipinski definition) is 1. The van der Waals surface area contributed by atoms with Crippen molar-refractivity contribution in [3.63, 3.8) is 0 Å². The Hall–Kier alpha value is -2.01. The van der Waals surface area contributed by atoms with Crippen LogP contribution in [-0.2, 0) is 4.74 Å². The fourth-order valence-electron chi connectivity index (χ4n) is 3.88. The van der Waals surface area contributed by atoms with Gasteiger partial charge in [0.15, 0.2) is 0 Å². The van der Waals surface area contributed by atoms with Gasteiger partial charge in [-0.15, -0.1) is 0 Å². The highest BCUT2D eigenvalue weighted by Gasteiger charge is 2.40. The van der Waals surface area contributed by atoms with Gasteiger partial charge in [-0.2, -0.15) is 0 Å². The number of amides is 1. The smallest absolute Gasteiger partial charge is 0.270 e. The Kier molecular flexibility index (Phi) is 3.53. The maximum absolute atomic E-state index is 12.9. The maximum Gasteiger partial charge on any atom is 0.270 e. The number of fused-ring (bicyclic) bond motifs is 1. The predicted molar refractivity (Wildman–Crippen MR) is 87.9 cm³/mol. The molecule has 1 N–H and O–H groups in total. The Bertz CT molecular complexity index is 731. The fraction of sp³-hybridized carbons (Fsp3) is 0.500. The van der Waals surface area contributed by atoms with Crippen molar-refractivity contribution in [3.8, 4) is 5.75 Å². The first-order valence-corrected chi connectivity index (χ1v) is 8.23. The molecule has 2 aromatic rings. The number of nitrogens with one attached hydrogen (secondary N) is 1. The molecule has 23 heavy (non-hydrogen) atoms. The van der Waals surface area contributed by atoms with E-state index in [1.165, 1.54) is 6.42 Å². The normalized spacial score (nSPS) is 24.5. The number of aromatic amines is 1. The molecule has 2 saturated heterocycles. The number of carbonyl (C=O) groups excluding carboxylic acids is 1. The number of carbonyl (C=O) groups is 1. The number of methoxy groups -OCH3 is 1. The maximum atomic E-state index is 12.9. The molecule has 1 aromatic heterocycles. The molecule has 1 spiro atoms. The molecule has 1 aromatic carbocycles. The van der Waals surface area contributed by atoms with Gasteiger partial charge >= 0.3 is 0 Å². The highest BCUT2D eigenvalue weighted by molar-refractivity contribution is 5.98. The Morgan fingerprint density at radius 1 is 1.35 bits per heavy atom. The van der Waals surface area contributed by atoms with E-state index in [2.05, 4.69) is 4.98 Å². The molecule has 2 aliphatic rings. The van der Waals surface area contributed by atoms with Gasteiger partial charge in [0.05, 0.1) is 13.7 Å². The van der Waals surface area contributed by atoms with Gasteiger partial charge in [-0.1, -0.05) is 0 Å². The van der Waals surface area contributed by atoms with Crippen molar-refractivity contribution >= 4 is 16.8 Å². The zero-order valence-electron chi connectivity index (χ0n) is 13.4. The molecule has 5 heteroatoms. The van der Waals surface area contributed by atoms with Crippen molar-refractivity contribution in [1.82, 2.24) is 9.88 Å². The van der Waals surface area contributed by atoms with Crippen LogP contribution in [0.1, 0.15) is 29.8 Å². The average molecular weight is 314 g/mol. The van der Waals surface area contributed by atoms with Gasteiger partial charge in [0.2, 0.25) is 0 Å². The summed E-state index contributed by atoms with van der Waals surface area (Å²) in [6, 6.07) is 7.73. The molecule has 122 valence electrons. The summed E-state index contributed by atoms with van der Waals surface area (Å²) in [5, 5.41) is 1.00. The third kappa shape index (κ3) is 2.59. The van der Waals surface area contributed by atoms with Crippen LogP contribution in [0.3, 0.4) is 0 Å². The summed E-state index contributed by atoms with van der Waals surface area (Å²) < 4.78 is 10.8. The zero-order chi connectivity index (χ0) is 15.9. The lowest BCUT2D eigenvalue weighted by Gasteiger charge is -2.39. The van der Waals surface area contributed by atoms with Gasteiger partial charge in [-0.3, -0.25) is 4.79 Å². The molecule has 0 aliphatic carbocycles. The topological polar surface area (TPSA) is 54.6 Å². The molecule has 4 rings (SSSR count). The SMILES string of the molecule is COc1ccc2[nH]c(C(=O)N3CCC[C@]4(CCOC4)C3)cc2c1. The molecule has 2 fully saturated rings. The minimum Gasteiger partial charge on any atom is -0.497 e. The first-order chi connectivity index (χ1) is 11.2. The first-order valence-electron chi connectivity index (χ1n) is 8.23. The van der Waals surface area contributed by atoms with E-state index in [1.807, 2.05) is 29.2 Å². The summed E-state index contributed by atoms with van der Waals surface area (Å²) in [6.45, 7) is 3.26. The summed E-state index contributed by atoms with van der Waals surface area (Å²) in [6.07, 6.45) is 3.30. The number of H-pyrrole nitrogens is 1. The summed E-state index contributed by atoms with van der Waals surface area (Å²) in [5.74, 6) is 0.890. The van der Waals surface area contributed by atoms with Gasteiger partial charge in [0.25, 0.3) is 5.91 Å². The van der Waals surface area contributed by atoms with Crippen LogP contribution in [0.25, 0.3) is 10.9 Å². The number of hydrogen-bond acceptors (Lipinski definition) is 3. The Labute approximate surface area is 135 Å². The monoisotopic (exact) mass is 314 g/mol. The minimum atomic E-state index is 0.0890. The minimum absolute atomic E-state index is 0.0890. The van der Waals surface area contributed by atoms with Gasteiger partial charge in [0, 0.05) is 36.0 Å². The standard InChI is InChI=1S/C18H22N2O3/c1-22-14-3-4-15-13(9-14)10-16(19-15)17(21)20-7-2-5-18(11-20)6-8-23-12-18/h3-4,9-10,19H,2,5-8,11-12H2,1H3/t18-/m0/s1. The highest BCUT2D eigenvalue weighted by Crippen LogP contribution is 2.38. The molecular weight excluding hydrogens is 292 g/mol. The highest BCUT2D eigenvalue weighted by atomic mass is 16.5. The van der Waals surface area contributed by atoms with E-state index in [-0.39, 0.29) is 11.3 Å². The Morgan fingerprint density at radius 2 is 2.26 bits per heavy atom. The second-order valence-corrected chi connectivity index (χ2v) is 6.77. The van der Waals surface area contributed by atoms with Crippen LogP contribution in [0.15, 0.2) is 24.3 Å². The van der Waals surface area contributed by atoms with E-state index in [0.29, 0.717) is 5.69 Å². The third-order valence-electron chi connectivity index (χ3n) is 5.19. The number of aromatic nitrogens is 1. The van der Waals surface area contributed by atoms with Crippen molar-refractivity contribution in [2.24, 2.45) is 5.41 Å². The van der Waals surface area contributed by atoms with E-state index < -0.39 is 0 Å². The van der Waals surface area contributed by atoms with Crippen LogP contribution in [0.2, 0.25) is 0 Å². The molecular formula is C18H22N2O3. The number of ether oxygens (including phenoxy) is 2. The van der Waals surface area contributed by atoms with Gasteiger partial charge in [-0.05, 0) is 43.5 Å². The molecule has 3 heterocycles. The molecule has 0 saturated carbocycles. The zero-order valence-corrected chi connectivity index (χ0v) is 13.4. The van der Waals surface area contributed by atoms with E-state index in [9.17, 15) is 4.79 Å².